The van der Waals surface area contributed by atoms with Crippen LogP contribution < -0.4 is 19.1 Å². The van der Waals surface area contributed by atoms with Gasteiger partial charge in [-0.25, -0.2) is 12.8 Å². The Morgan fingerprint density at radius 2 is 1.67 bits per heavy atom. The second-order valence-corrected chi connectivity index (χ2v) is 8.44. The van der Waals surface area contributed by atoms with Crippen molar-refractivity contribution in [2.75, 3.05) is 23.8 Å². The molecule has 7 nitrogen and oxygen atoms in total. The van der Waals surface area contributed by atoms with Crippen molar-refractivity contribution in [3.8, 4) is 11.5 Å². The summed E-state index contributed by atoms with van der Waals surface area (Å²) in [6.07, 6.45) is 1.00. The quantitative estimate of drug-likeness (QED) is 0.616. The van der Waals surface area contributed by atoms with E-state index in [0.717, 1.165) is 28.3 Å². The normalized spacial score (nSPS) is 12.2. The van der Waals surface area contributed by atoms with Crippen LogP contribution in [0.4, 0.5) is 10.1 Å². The van der Waals surface area contributed by atoms with Crippen molar-refractivity contribution < 1.29 is 27.1 Å². The van der Waals surface area contributed by atoms with E-state index in [0.29, 0.717) is 24.7 Å². The molecule has 0 saturated carbocycles. The lowest BCUT2D eigenvalue weighted by molar-refractivity contribution is -0.122. The summed E-state index contributed by atoms with van der Waals surface area (Å²) in [6.45, 7) is 6.35. The number of ether oxygens (including phenoxy) is 2. The molecule has 0 saturated heterocycles. The molecule has 0 radical (unpaired) electrons. The summed E-state index contributed by atoms with van der Waals surface area (Å²) in [5, 5.41) is 2.74. The number of sulfonamides is 1. The van der Waals surface area contributed by atoms with Crippen molar-refractivity contribution in [1.29, 1.82) is 0 Å². The number of nitrogens with zero attached hydrogens (tertiary/aromatic N) is 1. The SMILES string of the molecule is CCOc1ccc(CNC(=O)C(C)N(c2ccc(F)cc2)S(C)(=O)=O)cc1OCC. The second kappa shape index (κ2) is 10.3. The summed E-state index contributed by atoms with van der Waals surface area (Å²) in [7, 11) is -3.77. The second-order valence-electron chi connectivity index (χ2n) is 6.58. The van der Waals surface area contributed by atoms with E-state index in [1.54, 1.807) is 18.2 Å². The minimum Gasteiger partial charge on any atom is -0.490 e. The van der Waals surface area contributed by atoms with Gasteiger partial charge < -0.3 is 14.8 Å². The highest BCUT2D eigenvalue weighted by Gasteiger charge is 2.29. The van der Waals surface area contributed by atoms with Crippen molar-refractivity contribution >= 4 is 21.6 Å². The lowest BCUT2D eigenvalue weighted by atomic mass is 10.2. The Kier molecular flexibility index (Phi) is 8.05. The van der Waals surface area contributed by atoms with E-state index in [4.69, 9.17) is 9.47 Å². The number of carbonyl (C=O) groups excluding carboxylic acids is 1. The first-order chi connectivity index (χ1) is 14.2. The fourth-order valence-corrected chi connectivity index (χ4v) is 4.11. The van der Waals surface area contributed by atoms with E-state index in [-0.39, 0.29) is 12.2 Å². The smallest absolute Gasteiger partial charge is 0.243 e. The summed E-state index contributed by atoms with van der Waals surface area (Å²) in [5.41, 5.74) is 0.983. The van der Waals surface area contributed by atoms with Crippen LogP contribution in [0.3, 0.4) is 0 Å². The molecule has 2 aromatic rings. The Bertz CT molecular complexity index is 964. The Hall–Kier alpha value is -2.81. The summed E-state index contributed by atoms with van der Waals surface area (Å²) in [4.78, 5) is 12.7. The van der Waals surface area contributed by atoms with Crippen LogP contribution in [0.25, 0.3) is 0 Å². The summed E-state index contributed by atoms with van der Waals surface area (Å²) >= 11 is 0. The number of halogens is 1. The lowest BCUT2D eigenvalue weighted by Crippen LogP contribution is -2.47. The van der Waals surface area contributed by atoms with E-state index in [2.05, 4.69) is 5.32 Å². The molecule has 0 heterocycles. The zero-order valence-corrected chi connectivity index (χ0v) is 18.3. The Morgan fingerprint density at radius 3 is 2.23 bits per heavy atom. The third kappa shape index (κ3) is 6.09. The Balaban J connectivity index is 2.15. The molecule has 0 aliphatic heterocycles. The van der Waals surface area contributed by atoms with Crippen molar-refractivity contribution in [3.05, 3.63) is 53.8 Å². The first kappa shape index (κ1) is 23.5. The van der Waals surface area contributed by atoms with Gasteiger partial charge in [0.05, 0.1) is 25.2 Å². The van der Waals surface area contributed by atoms with Gasteiger partial charge in [0.1, 0.15) is 11.9 Å². The van der Waals surface area contributed by atoms with E-state index in [1.165, 1.54) is 19.1 Å². The first-order valence-electron chi connectivity index (χ1n) is 9.58. The van der Waals surface area contributed by atoms with Gasteiger partial charge in [0.2, 0.25) is 15.9 Å². The average Bonchev–Trinajstić information content (AvgIpc) is 2.68. The van der Waals surface area contributed by atoms with Crippen molar-refractivity contribution in [1.82, 2.24) is 5.32 Å². The molecule has 0 fully saturated rings. The minimum atomic E-state index is -3.77. The van der Waals surface area contributed by atoms with Crippen molar-refractivity contribution in [2.45, 2.75) is 33.4 Å². The van der Waals surface area contributed by atoms with Gasteiger partial charge >= 0.3 is 0 Å². The highest BCUT2D eigenvalue weighted by molar-refractivity contribution is 7.92. The summed E-state index contributed by atoms with van der Waals surface area (Å²) in [6, 6.07) is 9.24. The number of anilines is 1. The number of benzene rings is 2. The molecule has 9 heteroatoms. The molecular formula is C21H27FN2O5S. The molecule has 0 spiro atoms. The molecular weight excluding hydrogens is 411 g/mol. The lowest BCUT2D eigenvalue weighted by Gasteiger charge is -2.28. The van der Waals surface area contributed by atoms with Crippen LogP contribution in [-0.4, -0.2) is 39.8 Å². The van der Waals surface area contributed by atoms with E-state index in [1.807, 2.05) is 13.8 Å². The van der Waals surface area contributed by atoms with Gasteiger partial charge in [0, 0.05) is 6.54 Å². The van der Waals surface area contributed by atoms with Crippen LogP contribution in [-0.2, 0) is 21.4 Å². The molecule has 2 rings (SSSR count). The molecule has 0 aliphatic carbocycles. The maximum absolute atomic E-state index is 13.2. The zero-order chi connectivity index (χ0) is 22.3. The monoisotopic (exact) mass is 438 g/mol. The van der Waals surface area contributed by atoms with Gasteiger partial charge in [-0.3, -0.25) is 9.10 Å². The molecule has 0 bridgehead atoms. The van der Waals surface area contributed by atoms with Crippen LogP contribution in [0.15, 0.2) is 42.5 Å². The largest absolute Gasteiger partial charge is 0.490 e. The van der Waals surface area contributed by atoms with Gasteiger partial charge in [-0.05, 0) is 62.7 Å². The molecule has 1 atom stereocenters. The van der Waals surface area contributed by atoms with Crippen LogP contribution in [0.5, 0.6) is 11.5 Å². The predicted octanol–water partition coefficient (Wildman–Crippen LogP) is 3.09. The zero-order valence-electron chi connectivity index (χ0n) is 17.5. The molecule has 1 unspecified atom stereocenters. The van der Waals surface area contributed by atoms with Gasteiger partial charge in [0.25, 0.3) is 0 Å². The van der Waals surface area contributed by atoms with Crippen LogP contribution >= 0.6 is 0 Å². The maximum Gasteiger partial charge on any atom is 0.243 e. The molecule has 1 N–H and O–H groups in total. The molecule has 0 aliphatic rings. The first-order valence-corrected chi connectivity index (χ1v) is 11.4. The summed E-state index contributed by atoms with van der Waals surface area (Å²) < 4.78 is 49.8. The third-order valence-electron chi connectivity index (χ3n) is 4.24. The molecule has 0 aromatic heterocycles. The number of hydrogen-bond acceptors (Lipinski definition) is 5. The fraction of sp³-hybridized carbons (Fsp3) is 0.381. The van der Waals surface area contributed by atoms with E-state index >= 15 is 0 Å². The molecule has 164 valence electrons. The predicted molar refractivity (Wildman–Crippen MR) is 114 cm³/mol. The van der Waals surface area contributed by atoms with Crippen LogP contribution in [0, 0.1) is 5.82 Å². The van der Waals surface area contributed by atoms with Crippen LogP contribution in [0.2, 0.25) is 0 Å². The minimum absolute atomic E-state index is 0.177. The van der Waals surface area contributed by atoms with Crippen molar-refractivity contribution in [3.63, 3.8) is 0 Å². The topological polar surface area (TPSA) is 84.9 Å². The number of hydrogen-bond donors (Lipinski definition) is 1. The van der Waals surface area contributed by atoms with Gasteiger partial charge in [-0.1, -0.05) is 6.07 Å². The van der Waals surface area contributed by atoms with Crippen molar-refractivity contribution in [2.24, 2.45) is 0 Å². The summed E-state index contributed by atoms with van der Waals surface area (Å²) in [5.74, 6) is 0.201. The molecule has 2 aromatic carbocycles. The number of carbonyl (C=O) groups is 1. The number of rotatable bonds is 10. The van der Waals surface area contributed by atoms with E-state index in [9.17, 15) is 17.6 Å². The molecule has 30 heavy (non-hydrogen) atoms. The maximum atomic E-state index is 13.2. The Labute approximate surface area is 176 Å². The highest BCUT2D eigenvalue weighted by Crippen LogP contribution is 2.28. The van der Waals surface area contributed by atoms with E-state index < -0.39 is 27.8 Å². The Morgan fingerprint density at radius 1 is 1.07 bits per heavy atom. The number of amides is 1. The number of nitrogens with one attached hydrogen (secondary N) is 1. The van der Waals surface area contributed by atoms with Gasteiger partial charge in [0.15, 0.2) is 11.5 Å². The average molecular weight is 439 g/mol. The van der Waals surface area contributed by atoms with Gasteiger partial charge in [-0.15, -0.1) is 0 Å². The highest BCUT2D eigenvalue weighted by atomic mass is 32.2. The standard InChI is InChI=1S/C21H27FN2O5S/c1-5-28-19-12-7-16(13-20(19)29-6-2)14-23-21(25)15(3)24(30(4,26)27)18-10-8-17(22)9-11-18/h7-13,15H,5-6,14H2,1-4H3,(H,23,25). The van der Waals surface area contributed by atoms with Crippen LogP contribution in [0.1, 0.15) is 26.3 Å². The fourth-order valence-electron chi connectivity index (χ4n) is 2.94. The molecule has 1 amide bonds. The third-order valence-corrected chi connectivity index (χ3v) is 5.49. The van der Waals surface area contributed by atoms with Gasteiger partial charge in [-0.2, -0.15) is 0 Å².